The van der Waals surface area contributed by atoms with Crippen LogP contribution in [-0.2, 0) is 11.2 Å². The number of amides is 1. The number of hydroxylamine groups is 1. The largest absolute Gasteiger partial charge is 0.289 e. The molecule has 1 rings (SSSR count). The van der Waals surface area contributed by atoms with Crippen molar-refractivity contribution in [1.82, 2.24) is 5.48 Å². The molecule has 0 spiro atoms. The van der Waals surface area contributed by atoms with E-state index in [0.29, 0.717) is 12.8 Å². The number of aryl methyl sites for hydroxylation is 1. The highest BCUT2D eigenvalue weighted by Gasteiger charge is 1.99. The van der Waals surface area contributed by atoms with Crippen LogP contribution in [0.2, 0.25) is 0 Å². The Labute approximate surface area is 82.1 Å². The molecular formula is C9H11NO2S. The van der Waals surface area contributed by atoms with Gasteiger partial charge in [-0.25, -0.2) is 5.48 Å². The van der Waals surface area contributed by atoms with Crippen molar-refractivity contribution in [1.29, 1.82) is 0 Å². The third-order valence-corrected chi connectivity index (χ3v) is 2.00. The number of thiol groups is 1. The van der Waals surface area contributed by atoms with E-state index in [1.807, 2.05) is 24.3 Å². The molecular weight excluding hydrogens is 186 g/mol. The normalized spacial score (nSPS) is 9.69. The van der Waals surface area contributed by atoms with E-state index >= 15 is 0 Å². The first-order valence-electron chi connectivity index (χ1n) is 3.93. The average Bonchev–Trinajstić information content (AvgIpc) is 2.16. The van der Waals surface area contributed by atoms with Gasteiger partial charge in [-0.3, -0.25) is 10.0 Å². The maximum atomic E-state index is 10.7. The second kappa shape index (κ2) is 4.89. The summed E-state index contributed by atoms with van der Waals surface area (Å²) in [5.74, 6) is -0.366. The fourth-order valence-corrected chi connectivity index (χ4v) is 1.13. The number of carbonyl (C=O) groups excluding carboxylic acids is 1. The molecule has 0 saturated carbocycles. The maximum absolute atomic E-state index is 10.7. The van der Waals surface area contributed by atoms with Gasteiger partial charge in [-0.2, -0.15) is 0 Å². The van der Waals surface area contributed by atoms with Crippen LogP contribution in [0.25, 0.3) is 0 Å². The molecule has 0 atom stereocenters. The molecule has 0 saturated heterocycles. The van der Waals surface area contributed by atoms with E-state index < -0.39 is 0 Å². The Morgan fingerprint density at radius 1 is 1.38 bits per heavy atom. The highest BCUT2D eigenvalue weighted by molar-refractivity contribution is 7.80. The summed E-state index contributed by atoms with van der Waals surface area (Å²) in [5, 5.41) is 8.25. The molecule has 1 aromatic carbocycles. The van der Waals surface area contributed by atoms with Crippen molar-refractivity contribution in [2.45, 2.75) is 17.7 Å². The van der Waals surface area contributed by atoms with Gasteiger partial charge in [0.05, 0.1) is 0 Å². The monoisotopic (exact) mass is 197 g/mol. The summed E-state index contributed by atoms with van der Waals surface area (Å²) in [7, 11) is 0. The first-order valence-corrected chi connectivity index (χ1v) is 4.38. The predicted octanol–water partition coefficient (Wildman–Crippen LogP) is 1.41. The molecule has 0 aliphatic rings. The van der Waals surface area contributed by atoms with Crippen molar-refractivity contribution in [3.63, 3.8) is 0 Å². The van der Waals surface area contributed by atoms with Crippen LogP contribution in [0, 0.1) is 0 Å². The van der Waals surface area contributed by atoms with E-state index in [-0.39, 0.29) is 5.91 Å². The van der Waals surface area contributed by atoms with E-state index in [1.54, 1.807) is 5.48 Å². The SMILES string of the molecule is O=C(CCc1ccc(S)cc1)NO. The molecule has 0 unspecified atom stereocenters. The standard InChI is InChI=1S/C9H11NO2S/c11-9(10-12)6-3-7-1-4-8(13)5-2-7/h1-2,4-5,12-13H,3,6H2,(H,10,11). The van der Waals surface area contributed by atoms with Gasteiger partial charge < -0.3 is 0 Å². The van der Waals surface area contributed by atoms with Crippen LogP contribution in [0.5, 0.6) is 0 Å². The van der Waals surface area contributed by atoms with E-state index in [2.05, 4.69) is 12.6 Å². The zero-order valence-corrected chi connectivity index (χ0v) is 7.92. The summed E-state index contributed by atoms with van der Waals surface area (Å²) >= 11 is 4.14. The molecule has 0 aliphatic heterocycles. The van der Waals surface area contributed by atoms with Crippen molar-refractivity contribution in [2.24, 2.45) is 0 Å². The zero-order chi connectivity index (χ0) is 9.68. The Bertz CT molecular complexity index is 284. The van der Waals surface area contributed by atoms with Crippen molar-refractivity contribution >= 4 is 18.5 Å². The van der Waals surface area contributed by atoms with Crippen LogP contribution in [0.3, 0.4) is 0 Å². The van der Waals surface area contributed by atoms with E-state index in [0.717, 1.165) is 10.5 Å². The molecule has 0 heterocycles. The quantitative estimate of drug-likeness (QED) is 0.390. The van der Waals surface area contributed by atoms with Crippen molar-refractivity contribution in [3.05, 3.63) is 29.8 Å². The van der Waals surface area contributed by atoms with Crippen molar-refractivity contribution < 1.29 is 10.0 Å². The number of rotatable bonds is 3. The van der Waals surface area contributed by atoms with Crippen LogP contribution in [-0.4, -0.2) is 11.1 Å². The van der Waals surface area contributed by atoms with Gasteiger partial charge in [0.1, 0.15) is 0 Å². The molecule has 0 bridgehead atoms. The molecule has 1 amide bonds. The lowest BCUT2D eigenvalue weighted by atomic mass is 10.1. The van der Waals surface area contributed by atoms with Gasteiger partial charge in [0.15, 0.2) is 0 Å². The molecule has 0 aromatic heterocycles. The Morgan fingerprint density at radius 3 is 2.54 bits per heavy atom. The van der Waals surface area contributed by atoms with E-state index in [1.165, 1.54) is 0 Å². The number of nitrogens with one attached hydrogen (secondary N) is 1. The molecule has 3 nitrogen and oxygen atoms in total. The second-order valence-corrected chi connectivity index (χ2v) is 3.22. The number of hydrogen-bond donors (Lipinski definition) is 3. The molecule has 1 aromatic rings. The van der Waals surface area contributed by atoms with Gasteiger partial charge in [0.2, 0.25) is 5.91 Å². The van der Waals surface area contributed by atoms with Crippen LogP contribution < -0.4 is 5.48 Å². The molecule has 70 valence electrons. The smallest absolute Gasteiger partial charge is 0.243 e. The average molecular weight is 197 g/mol. The molecule has 13 heavy (non-hydrogen) atoms. The summed E-state index contributed by atoms with van der Waals surface area (Å²) in [4.78, 5) is 11.6. The van der Waals surface area contributed by atoms with Gasteiger partial charge in [-0.05, 0) is 24.1 Å². The van der Waals surface area contributed by atoms with Crippen LogP contribution in [0.4, 0.5) is 0 Å². The minimum Gasteiger partial charge on any atom is -0.289 e. The van der Waals surface area contributed by atoms with Gasteiger partial charge in [-0.1, -0.05) is 12.1 Å². The molecule has 0 fully saturated rings. The number of benzene rings is 1. The minimum absolute atomic E-state index is 0.294. The van der Waals surface area contributed by atoms with Crippen LogP contribution >= 0.6 is 12.6 Å². The van der Waals surface area contributed by atoms with Crippen molar-refractivity contribution in [3.8, 4) is 0 Å². The molecule has 0 aliphatic carbocycles. The van der Waals surface area contributed by atoms with Gasteiger partial charge >= 0.3 is 0 Å². The van der Waals surface area contributed by atoms with Crippen molar-refractivity contribution in [2.75, 3.05) is 0 Å². The Kier molecular flexibility index (Phi) is 3.79. The highest BCUT2D eigenvalue weighted by atomic mass is 32.1. The summed E-state index contributed by atoms with van der Waals surface area (Å²) in [5.41, 5.74) is 2.65. The predicted molar refractivity (Wildman–Crippen MR) is 51.9 cm³/mol. The summed E-state index contributed by atoms with van der Waals surface area (Å²) in [6.07, 6.45) is 0.920. The maximum Gasteiger partial charge on any atom is 0.243 e. The molecule has 2 N–H and O–H groups in total. The lowest BCUT2D eigenvalue weighted by Gasteiger charge is -2.00. The Balaban J connectivity index is 2.46. The Hall–Kier alpha value is -1.00. The van der Waals surface area contributed by atoms with E-state index in [4.69, 9.17) is 5.21 Å². The van der Waals surface area contributed by atoms with E-state index in [9.17, 15) is 4.79 Å². The topological polar surface area (TPSA) is 49.3 Å². The van der Waals surface area contributed by atoms with Crippen LogP contribution in [0.1, 0.15) is 12.0 Å². The van der Waals surface area contributed by atoms with Gasteiger partial charge in [0.25, 0.3) is 0 Å². The molecule has 4 heteroatoms. The third-order valence-electron chi connectivity index (χ3n) is 1.70. The first kappa shape index (κ1) is 10.1. The fourth-order valence-electron chi connectivity index (χ4n) is 0.976. The van der Waals surface area contributed by atoms with Gasteiger partial charge in [-0.15, -0.1) is 12.6 Å². The summed E-state index contributed by atoms with van der Waals surface area (Å²) in [6, 6.07) is 7.56. The molecule has 0 radical (unpaired) electrons. The number of carbonyl (C=O) groups is 1. The first-order chi connectivity index (χ1) is 6.22. The summed E-state index contributed by atoms with van der Waals surface area (Å²) < 4.78 is 0. The van der Waals surface area contributed by atoms with Gasteiger partial charge in [0, 0.05) is 11.3 Å². The fraction of sp³-hybridized carbons (Fsp3) is 0.222. The summed E-state index contributed by atoms with van der Waals surface area (Å²) in [6.45, 7) is 0. The highest BCUT2D eigenvalue weighted by Crippen LogP contribution is 2.09. The minimum atomic E-state index is -0.366. The zero-order valence-electron chi connectivity index (χ0n) is 7.03. The van der Waals surface area contributed by atoms with Crippen LogP contribution in [0.15, 0.2) is 29.2 Å². The lowest BCUT2D eigenvalue weighted by Crippen LogP contribution is -2.18. The number of hydrogen-bond acceptors (Lipinski definition) is 3. The lowest BCUT2D eigenvalue weighted by molar-refractivity contribution is -0.129. The second-order valence-electron chi connectivity index (χ2n) is 2.70. The third kappa shape index (κ3) is 3.48. The Morgan fingerprint density at radius 2 is 2.00 bits per heavy atom.